The third kappa shape index (κ3) is 4.85. The van der Waals surface area contributed by atoms with E-state index in [0.29, 0.717) is 23.8 Å². The van der Waals surface area contributed by atoms with Gasteiger partial charge in [-0.2, -0.15) is 5.01 Å². The maximum atomic E-state index is 13.1. The van der Waals surface area contributed by atoms with Crippen LogP contribution in [0.1, 0.15) is 37.8 Å². The SMILES string of the molecule is COc1ccc(C2(C)NC(=O)N(NC(=O)CN(Cc3ccccc3)C(C)C3CC3)C2=O)cc1. The molecule has 1 aliphatic heterocycles. The van der Waals surface area contributed by atoms with E-state index in [1.807, 2.05) is 30.3 Å². The zero-order chi connectivity index (χ0) is 23.6. The number of rotatable bonds is 9. The number of amides is 4. The minimum Gasteiger partial charge on any atom is -0.497 e. The fourth-order valence-corrected chi connectivity index (χ4v) is 4.24. The lowest BCUT2D eigenvalue weighted by atomic mass is 9.92. The van der Waals surface area contributed by atoms with Crippen molar-refractivity contribution >= 4 is 17.8 Å². The van der Waals surface area contributed by atoms with Gasteiger partial charge >= 0.3 is 6.03 Å². The topological polar surface area (TPSA) is 91.0 Å². The summed E-state index contributed by atoms with van der Waals surface area (Å²) in [5.74, 6) is 0.279. The van der Waals surface area contributed by atoms with Gasteiger partial charge < -0.3 is 10.1 Å². The number of hydrogen-bond acceptors (Lipinski definition) is 5. The Morgan fingerprint density at radius 1 is 1.18 bits per heavy atom. The van der Waals surface area contributed by atoms with Crippen LogP contribution >= 0.6 is 0 Å². The highest BCUT2D eigenvalue weighted by Gasteiger charge is 2.50. The summed E-state index contributed by atoms with van der Waals surface area (Å²) in [6.45, 7) is 4.46. The number of ether oxygens (including phenoxy) is 1. The highest BCUT2D eigenvalue weighted by atomic mass is 16.5. The predicted octanol–water partition coefficient (Wildman–Crippen LogP) is 2.79. The van der Waals surface area contributed by atoms with E-state index in [1.165, 1.54) is 0 Å². The van der Waals surface area contributed by atoms with Crippen LogP contribution in [0, 0.1) is 5.92 Å². The van der Waals surface area contributed by atoms with E-state index >= 15 is 0 Å². The molecular formula is C25H30N4O4. The number of carbonyl (C=O) groups excluding carboxylic acids is 3. The first-order valence-corrected chi connectivity index (χ1v) is 11.2. The summed E-state index contributed by atoms with van der Waals surface area (Å²) >= 11 is 0. The van der Waals surface area contributed by atoms with E-state index in [9.17, 15) is 14.4 Å². The molecule has 2 aromatic rings. The molecule has 0 radical (unpaired) electrons. The molecule has 2 N–H and O–H groups in total. The van der Waals surface area contributed by atoms with Crippen LogP contribution in [0.25, 0.3) is 0 Å². The molecule has 2 unspecified atom stereocenters. The van der Waals surface area contributed by atoms with Gasteiger partial charge in [0.25, 0.3) is 11.8 Å². The number of imide groups is 1. The molecule has 2 aromatic carbocycles. The molecule has 1 heterocycles. The molecule has 4 rings (SSSR count). The number of methoxy groups -OCH3 is 1. The van der Waals surface area contributed by atoms with Gasteiger partial charge in [0.1, 0.15) is 11.3 Å². The Labute approximate surface area is 193 Å². The minimum atomic E-state index is -1.28. The van der Waals surface area contributed by atoms with Crippen molar-refractivity contribution in [3.05, 3.63) is 65.7 Å². The average molecular weight is 451 g/mol. The van der Waals surface area contributed by atoms with E-state index in [2.05, 4.69) is 22.6 Å². The van der Waals surface area contributed by atoms with Gasteiger partial charge in [0.2, 0.25) is 0 Å². The molecule has 1 aliphatic carbocycles. The van der Waals surface area contributed by atoms with Gasteiger partial charge in [-0.15, -0.1) is 0 Å². The molecule has 8 heteroatoms. The summed E-state index contributed by atoms with van der Waals surface area (Å²) in [6, 6.07) is 16.4. The predicted molar refractivity (Wildman–Crippen MR) is 123 cm³/mol. The van der Waals surface area contributed by atoms with Crippen molar-refractivity contribution in [3.63, 3.8) is 0 Å². The molecule has 0 bridgehead atoms. The van der Waals surface area contributed by atoms with E-state index in [1.54, 1.807) is 38.3 Å². The molecule has 8 nitrogen and oxygen atoms in total. The van der Waals surface area contributed by atoms with Crippen LogP contribution in [0.2, 0.25) is 0 Å². The zero-order valence-corrected chi connectivity index (χ0v) is 19.2. The highest BCUT2D eigenvalue weighted by Crippen LogP contribution is 2.35. The number of urea groups is 1. The van der Waals surface area contributed by atoms with E-state index in [0.717, 1.165) is 23.4 Å². The summed E-state index contributed by atoms with van der Waals surface area (Å²) < 4.78 is 5.16. The molecule has 2 fully saturated rings. The molecule has 0 aromatic heterocycles. The Morgan fingerprint density at radius 2 is 1.85 bits per heavy atom. The molecule has 0 spiro atoms. The van der Waals surface area contributed by atoms with Crippen LogP contribution < -0.4 is 15.5 Å². The van der Waals surface area contributed by atoms with Crippen molar-refractivity contribution in [1.82, 2.24) is 20.7 Å². The molecule has 1 saturated heterocycles. The Kier molecular flexibility index (Phi) is 6.37. The number of hydrazine groups is 1. The molecule has 1 saturated carbocycles. The van der Waals surface area contributed by atoms with Crippen LogP contribution in [-0.2, 0) is 21.7 Å². The van der Waals surface area contributed by atoms with Crippen LogP contribution in [0.3, 0.4) is 0 Å². The van der Waals surface area contributed by atoms with Gasteiger partial charge in [0.05, 0.1) is 13.7 Å². The van der Waals surface area contributed by atoms with E-state index in [-0.39, 0.29) is 12.6 Å². The summed E-state index contributed by atoms with van der Waals surface area (Å²) in [4.78, 5) is 40.8. The smallest absolute Gasteiger partial charge is 0.344 e. The zero-order valence-electron chi connectivity index (χ0n) is 19.2. The second kappa shape index (κ2) is 9.23. The van der Waals surface area contributed by atoms with Crippen LogP contribution in [-0.4, -0.2) is 47.5 Å². The number of nitrogens with one attached hydrogen (secondary N) is 2. The summed E-state index contributed by atoms with van der Waals surface area (Å²) in [5.41, 5.74) is 2.96. The van der Waals surface area contributed by atoms with E-state index in [4.69, 9.17) is 4.74 Å². The van der Waals surface area contributed by atoms with Gasteiger partial charge in [-0.05, 0) is 55.9 Å². The van der Waals surface area contributed by atoms with E-state index < -0.39 is 23.4 Å². The van der Waals surface area contributed by atoms with Gasteiger partial charge in [0, 0.05) is 12.6 Å². The number of benzene rings is 2. The first kappa shape index (κ1) is 22.8. The second-order valence-corrected chi connectivity index (χ2v) is 8.93. The monoisotopic (exact) mass is 450 g/mol. The van der Waals surface area contributed by atoms with Gasteiger partial charge in [0.15, 0.2) is 0 Å². The summed E-state index contributed by atoms with van der Waals surface area (Å²) in [7, 11) is 1.56. The number of hydrogen-bond donors (Lipinski definition) is 2. The first-order valence-electron chi connectivity index (χ1n) is 11.2. The lowest BCUT2D eigenvalue weighted by Gasteiger charge is -2.29. The highest BCUT2D eigenvalue weighted by molar-refractivity contribution is 6.08. The summed E-state index contributed by atoms with van der Waals surface area (Å²) in [6.07, 6.45) is 2.31. The minimum absolute atomic E-state index is 0.0862. The molecular weight excluding hydrogens is 420 g/mol. The lowest BCUT2D eigenvalue weighted by molar-refractivity contribution is -0.139. The van der Waals surface area contributed by atoms with Crippen LogP contribution in [0.5, 0.6) is 5.75 Å². The maximum Gasteiger partial charge on any atom is 0.344 e. The van der Waals surface area contributed by atoms with Gasteiger partial charge in [-0.25, -0.2) is 4.79 Å². The standard InChI is InChI=1S/C25H30N4O4/c1-17(19-9-10-19)28(15-18-7-5-4-6-8-18)16-22(30)27-29-23(31)25(2,26-24(29)32)20-11-13-21(33-3)14-12-20/h4-8,11-14,17,19H,9-10,15-16H2,1-3H3,(H,26,32)(H,27,30). The van der Waals surface area contributed by atoms with Crippen molar-refractivity contribution in [2.45, 2.75) is 44.8 Å². The maximum absolute atomic E-state index is 13.1. The van der Waals surface area contributed by atoms with Gasteiger partial charge in [-0.3, -0.25) is 19.9 Å². The molecule has 174 valence electrons. The summed E-state index contributed by atoms with van der Waals surface area (Å²) in [5, 5.41) is 3.49. The van der Waals surface area contributed by atoms with Crippen molar-refractivity contribution in [3.8, 4) is 5.75 Å². The molecule has 2 aliphatic rings. The molecule has 4 amide bonds. The molecule has 33 heavy (non-hydrogen) atoms. The lowest BCUT2D eigenvalue weighted by Crippen LogP contribution is -2.51. The number of carbonyl (C=O) groups is 3. The van der Waals surface area contributed by atoms with Crippen molar-refractivity contribution in [2.75, 3.05) is 13.7 Å². The Hall–Kier alpha value is -3.39. The Balaban J connectivity index is 1.44. The van der Waals surface area contributed by atoms with Gasteiger partial charge in [-0.1, -0.05) is 42.5 Å². The third-order valence-electron chi connectivity index (χ3n) is 6.55. The first-order chi connectivity index (χ1) is 15.8. The average Bonchev–Trinajstić information content (AvgIpc) is 3.64. The van der Waals surface area contributed by atoms with Crippen molar-refractivity contribution in [2.24, 2.45) is 5.92 Å². The largest absolute Gasteiger partial charge is 0.497 e. The quantitative estimate of drug-likeness (QED) is 0.574. The second-order valence-electron chi connectivity index (χ2n) is 8.93. The molecule has 2 atom stereocenters. The Bertz CT molecular complexity index is 1020. The number of nitrogens with zero attached hydrogens (tertiary/aromatic N) is 2. The van der Waals surface area contributed by atoms with Crippen LogP contribution in [0.15, 0.2) is 54.6 Å². The third-order valence-corrected chi connectivity index (χ3v) is 6.55. The van der Waals surface area contributed by atoms with Crippen molar-refractivity contribution < 1.29 is 19.1 Å². The van der Waals surface area contributed by atoms with Crippen LogP contribution in [0.4, 0.5) is 4.79 Å². The normalized spacial score (nSPS) is 21.2. The Morgan fingerprint density at radius 3 is 2.45 bits per heavy atom. The fourth-order valence-electron chi connectivity index (χ4n) is 4.24. The fraction of sp³-hybridized carbons (Fsp3) is 0.400. The van der Waals surface area contributed by atoms with Crippen molar-refractivity contribution in [1.29, 1.82) is 0 Å².